The van der Waals surface area contributed by atoms with E-state index >= 15 is 0 Å². The summed E-state index contributed by atoms with van der Waals surface area (Å²) < 4.78 is 42.6. The molecular weight excluding hydrogens is 1150 g/mol. The van der Waals surface area contributed by atoms with Gasteiger partial charge < -0.3 is 90.6 Å². The molecule has 4 atom stereocenters. The molecule has 500 valence electrons. The van der Waals surface area contributed by atoms with Crippen molar-refractivity contribution in [2.75, 3.05) is 125 Å². The van der Waals surface area contributed by atoms with Crippen molar-refractivity contribution in [1.82, 2.24) is 26.6 Å². The maximum absolute atomic E-state index is 12.6. The number of carboxylic acid groups (broad SMARTS) is 4. The largest absolute Gasteiger partial charge is 0.481 e. The van der Waals surface area contributed by atoms with Crippen LogP contribution < -0.4 is 32.3 Å². The number of carboxylic acids is 4. The van der Waals surface area contributed by atoms with E-state index in [9.17, 15) is 67.7 Å². The Kier molecular flexibility index (Phi) is 51.3. The fourth-order valence-electron chi connectivity index (χ4n) is 7.89. The van der Waals surface area contributed by atoms with Crippen LogP contribution in [-0.2, 0) is 95.4 Å². The number of carbonyl (C=O) groups excluding carboxylic acids is 8. The molecular formula is C57H98N6O24. The molecule has 0 rings (SSSR count). The maximum Gasteiger partial charge on any atom is 0.326 e. The summed E-state index contributed by atoms with van der Waals surface area (Å²) in [5.41, 5.74) is 5.57. The smallest absolute Gasteiger partial charge is 0.326 e. The Morgan fingerprint density at radius 3 is 1.24 bits per heavy atom. The predicted octanol–water partition coefficient (Wildman–Crippen LogP) is 0.639. The predicted molar refractivity (Wildman–Crippen MR) is 309 cm³/mol. The molecule has 0 aromatic rings. The van der Waals surface area contributed by atoms with E-state index in [0.717, 1.165) is 51.4 Å². The van der Waals surface area contributed by atoms with Crippen molar-refractivity contribution in [3.63, 3.8) is 0 Å². The third kappa shape index (κ3) is 52.7. The Hall–Kier alpha value is -6.12. The van der Waals surface area contributed by atoms with Crippen molar-refractivity contribution in [3.05, 3.63) is 0 Å². The first-order chi connectivity index (χ1) is 41.7. The number of nitrogens with one attached hydrogen (secondary N) is 5. The molecule has 0 saturated heterocycles. The van der Waals surface area contributed by atoms with Crippen molar-refractivity contribution < 1.29 is 116 Å². The molecule has 11 N–H and O–H groups in total. The maximum atomic E-state index is 12.6. The molecule has 0 aliphatic heterocycles. The van der Waals surface area contributed by atoms with E-state index in [1.165, 1.54) is 6.92 Å². The Morgan fingerprint density at radius 1 is 0.356 bits per heavy atom. The number of rotatable bonds is 63. The highest BCUT2D eigenvalue weighted by Gasteiger charge is 2.26. The Balaban J connectivity index is 3.81. The summed E-state index contributed by atoms with van der Waals surface area (Å²) in [5.74, 6) is -8.96. The molecule has 5 amide bonds. The fraction of sp³-hybridized carbons (Fsp3) is 0.789. The molecule has 30 heteroatoms. The minimum Gasteiger partial charge on any atom is -0.481 e. The molecule has 0 saturated carbocycles. The normalized spacial score (nSPS) is 12.5. The number of aliphatic carboxylic acids is 4. The lowest BCUT2D eigenvalue weighted by Crippen LogP contribution is -2.48. The number of nitrogens with two attached hydrogens (primary N) is 1. The lowest BCUT2D eigenvalue weighted by atomic mass is 9.94. The number of carbonyl (C=O) groups is 12. The van der Waals surface area contributed by atoms with E-state index in [-0.39, 0.29) is 194 Å². The second kappa shape index (κ2) is 55.2. The lowest BCUT2D eigenvalue weighted by Gasteiger charge is -2.18. The van der Waals surface area contributed by atoms with Crippen molar-refractivity contribution >= 4 is 70.8 Å². The molecule has 30 nitrogen and oxygen atoms in total. The molecule has 2 unspecified atom stereocenters. The average Bonchev–Trinajstić information content (AvgIpc) is 3.69. The number of ketones is 3. The van der Waals surface area contributed by atoms with Gasteiger partial charge in [0.05, 0.1) is 90.7 Å². The summed E-state index contributed by atoms with van der Waals surface area (Å²) in [6, 6.07) is -3.21. The molecule has 0 heterocycles. The average molecular weight is 1250 g/mol. The van der Waals surface area contributed by atoms with Gasteiger partial charge in [-0.05, 0) is 45.4 Å². The molecule has 0 radical (unpaired) electrons. The highest BCUT2D eigenvalue weighted by molar-refractivity contribution is 5.93. The van der Waals surface area contributed by atoms with Gasteiger partial charge in [0.1, 0.15) is 38.3 Å². The van der Waals surface area contributed by atoms with Crippen molar-refractivity contribution in [2.45, 2.75) is 160 Å². The van der Waals surface area contributed by atoms with Crippen LogP contribution in [0.5, 0.6) is 0 Å². The Morgan fingerprint density at radius 2 is 0.770 bits per heavy atom. The van der Waals surface area contributed by atoms with Crippen LogP contribution in [0.2, 0.25) is 0 Å². The molecule has 87 heavy (non-hydrogen) atoms. The molecule has 0 fully saturated rings. The molecule has 0 aromatic carbocycles. The number of amides is 5. The molecule has 0 bridgehead atoms. The first-order valence-corrected chi connectivity index (χ1v) is 29.9. The summed E-state index contributed by atoms with van der Waals surface area (Å²) in [6.07, 6.45) is 8.59. The van der Waals surface area contributed by atoms with Crippen molar-refractivity contribution in [2.24, 2.45) is 11.7 Å². The quantitative estimate of drug-likeness (QED) is 0.0374. The van der Waals surface area contributed by atoms with Gasteiger partial charge in [-0.3, -0.25) is 52.7 Å². The summed E-state index contributed by atoms with van der Waals surface area (Å²) in [6.45, 7) is 3.05. The lowest BCUT2D eigenvalue weighted by molar-refractivity contribution is -0.145. The van der Waals surface area contributed by atoms with Gasteiger partial charge in [0.15, 0.2) is 11.6 Å². The second-order valence-corrected chi connectivity index (χ2v) is 20.3. The number of ether oxygens (including phenoxy) is 8. The summed E-state index contributed by atoms with van der Waals surface area (Å²) >= 11 is 0. The minimum atomic E-state index is -1.30. The summed E-state index contributed by atoms with van der Waals surface area (Å²) in [5, 5.41) is 49.5. The minimum absolute atomic E-state index is 0.0551. The van der Waals surface area contributed by atoms with Crippen LogP contribution in [-0.4, -0.2) is 235 Å². The van der Waals surface area contributed by atoms with E-state index in [1.54, 1.807) is 0 Å². The van der Waals surface area contributed by atoms with Crippen molar-refractivity contribution in [3.8, 4) is 0 Å². The first-order valence-electron chi connectivity index (χ1n) is 29.9. The first kappa shape index (κ1) is 80.9. The van der Waals surface area contributed by atoms with Crippen LogP contribution in [0.25, 0.3) is 0 Å². The summed E-state index contributed by atoms with van der Waals surface area (Å²) in [7, 11) is 0. The number of unbranched alkanes of at least 4 members (excludes halogenated alkanes) is 9. The van der Waals surface area contributed by atoms with Gasteiger partial charge >= 0.3 is 23.9 Å². The van der Waals surface area contributed by atoms with Gasteiger partial charge in [0.25, 0.3) is 0 Å². The number of hydrogen-bond acceptors (Lipinski definition) is 21. The van der Waals surface area contributed by atoms with Gasteiger partial charge in [-0.1, -0.05) is 51.4 Å². The summed E-state index contributed by atoms with van der Waals surface area (Å²) in [4.78, 5) is 143. The third-order valence-electron chi connectivity index (χ3n) is 12.6. The van der Waals surface area contributed by atoms with Gasteiger partial charge in [0, 0.05) is 71.2 Å². The Bertz CT molecular complexity index is 2000. The second-order valence-electron chi connectivity index (χ2n) is 20.3. The van der Waals surface area contributed by atoms with Crippen LogP contribution in [0.1, 0.15) is 142 Å². The van der Waals surface area contributed by atoms with E-state index in [2.05, 4.69) is 26.6 Å². The number of hydrogen-bond donors (Lipinski definition) is 10. The van der Waals surface area contributed by atoms with E-state index in [0.29, 0.717) is 25.9 Å². The van der Waals surface area contributed by atoms with Gasteiger partial charge in [-0.15, -0.1) is 0 Å². The van der Waals surface area contributed by atoms with Crippen LogP contribution in [0, 0.1) is 5.92 Å². The van der Waals surface area contributed by atoms with Gasteiger partial charge in [0.2, 0.25) is 29.5 Å². The fourth-order valence-corrected chi connectivity index (χ4v) is 7.89. The number of Topliss-reactive ketones (excluding diaryl/α,β-unsaturated/α-hetero) is 3. The van der Waals surface area contributed by atoms with E-state index in [4.69, 9.17) is 53.8 Å². The Labute approximate surface area is 508 Å². The topological polar surface area (TPSA) is 446 Å². The van der Waals surface area contributed by atoms with Crippen LogP contribution in [0.4, 0.5) is 0 Å². The highest BCUT2D eigenvalue weighted by atomic mass is 16.5. The van der Waals surface area contributed by atoms with Gasteiger partial charge in [-0.25, -0.2) is 4.79 Å². The highest BCUT2D eigenvalue weighted by Crippen LogP contribution is 2.16. The monoisotopic (exact) mass is 1250 g/mol. The van der Waals surface area contributed by atoms with Crippen LogP contribution >= 0.6 is 0 Å². The zero-order valence-corrected chi connectivity index (χ0v) is 50.6. The zero-order valence-electron chi connectivity index (χ0n) is 50.6. The zero-order chi connectivity index (χ0) is 64.7. The molecule has 0 aliphatic carbocycles. The molecule has 0 aromatic heterocycles. The van der Waals surface area contributed by atoms with E-state index < -0.39 is 83.6 Å². The van der Waals surface area contributed by atoms with Crippen molar-refractivity contribution in [1.29, 1.82) is 0 Å². The SMILES string of the molecule is CC(N)C(=O)[C@H](CCC(=O)O)NC(=O)COCCOCCNC(=O)COCCOCCNC(=O)COCCOCCCC(=O)COCCOCCNC(=O)CC[C@H](CC(=O)CCC(NC(=O)CCCCCCCCCCCCC(=O)O)C(=O)O)C(=O)O. The standard InChI is InChI=1S/C57H98N6O24/c1-42(58)55(75)46(19-21-54(73)74)62-52(70)41-87-36-32-83-28-24-61-51(69)40-86-35-31-82-27-23-60-50(68)39-85-34-29-80-25-12-13-45(65)38-84-33-30-81-26-22-59-48(66)20-16-43(56(76)77)37-44(64)17-18-47(57(78)79)63-49(67)14-10-8-6-4-2-3-5-7-9-11-15-53(71)72/h42-43,46-47H,2-41,58H2,1H3,(H,59,66)(H,60,68)(H,61,69)(H,62,70)(H,63,67)(H,71,72)(H,73,74)(H,76,77)(H,78,79)/t42?,43-,46+,47?/m1/s1. The molecule has 0 spiro atoms. The molecule has 0 aliphatic rings. The van der Waals surface area contributed by atoms with Gasteiger partial charge in [-0.2, -0.15) is 0 Å². The van der Waals surface area contributed by atoms with Crippen LogP contribution in [0.15, 0.2) is 0 Å². The third-order valence-corrected chi connectivity index (χ3v) is 12.6. The van der Waals surface area contributed by atoms with E-state index in [1.807, 2.05) is 0 Å². The van der Waals surface area contributed by atoms with Crippen LogP contribution in [0.3, 0.4) is 0 Å².